The number of nitrogens with one attached hydrogen (secondary N) is 1. The predicted molar refractivity (Wildman–Crippen MR) is 86.8 cm³/mol. The highest BCUT2D eigenvalue weighted by molar-refractivity contribution is 7.88. The SMILES string of the molecule is CNC1CCC(C(C)C)CC1N1CCN(S(C)(=O)=O)CC1. The van der Waals surface area contributed by atoms with Crippen LogP contribution in [0.1, 0.15) is 33.1 Å². The van der Waals surface area contributed by atoms with Crippen LogP contribution in [-0.4, -0.2) is 69.2 Å². The van der Waals surface area contributed by atoms with Crippen LogP contribution in [0.2, 0.25) is 0 Å². The van der Waals surface area contributed by atoms with Crippen molar-refractivity contribution in [1.29, 1.82) is 0 Å². The van der Waals surface area contributed by atoms with Gasteiger partial charge in [0.2, 0.25) is 10.0 Å². The van der Waals surface area contributed by atoms with Gasteiger partial charge in [0, 0.05) is 38.3 Å². The highest BCUT2D eigenvalue weighted by Crippen LogP contribution is 2.33. The zero-order chi connectivity index (χ0) is 15.6. The van der Waals surface area contributed by atoms with Crippen molar-refractivity contribution < 1.29 is 8.42 Å². The van der Waals surface area contributed by atoms with Crippen LogP contribution in [-0.2, 0) is 10.0 Å². The number of sulfonamides is 1. The topological polar surface area (TPSA) is 52.6 Å². The lowest BCUT2D eigenvalue weighted by Gasteiger charge is -2.46. The molecule has 3 atom stereocenters. The normalized spacial score (nSPS) is 33.5. The smallest absolute Gasteiger partial charge is 0.211 e. The molecule has 0 aromatic carbocycles. The highest BCUT2D eigenvalue weighted by atomic mass is 32.2. The summed E-state index contributed by atoms with van der Waals surface area (Å²) < 4.78 is 24.9. The van der Waals surface area contributed by atoms with Crippen LogP contribution >= 0.6 is 0 Å². The van der Waals surface area contributed by atoms with Crippen molar-refractivity contribution in [2.24, 2.45) is 11.8 Å². The molecule has 0 spiro atoms. The third-order valence-corrected chi connectivity index (χ3v) is 6.69. The summed E-state index contributed by atoms with van der Waals surface area (Å²) in [5.74, 6) is 1.54. The minimum Gasteiger partial charge on any atom is -0.315 e. The first-order chi connectivity index (χ1) is 9.82. The van der Waals surface area contributed by atoms with E-state index in [1.165, 1.54) is 25.5 Å². The summed E-state index contributed by atoms with van der Waals surface area (Å²) in [7, 11) is -0.977. The lowest BCUT2D eigenvalue weighted by molar-refractivity contribution is 0.0611. The quantitative estimate of drug-likeness (QED) is 0.840. The van der Waals surface area contributed by atoms with Crippen LogP contribution in [0.25, 0.3) is 0 Å². The van der Waals surface area contributed by atoms with Crippen molar-refractivity contribution in [2.75, 3.05) is 39.5 Å². The fourth-order valence-corrected chi connectivity index (χ4v) is 4.72. The number of hydrogen-bond acceptors (Lipinski definition) is 4. The molecule has 0 aromatic heterocycles. The molecule has 1 aliphatic carbocycles. The summed E-state index contributed by atoms with van der Waals surface area (Å²) in [4.78, 5) is 2.51. The molecular weight excluding hydrogens is 286 g/mol. The first kappa shape index (κ1) is 17.2. The molecule has 0 radical (unpaired) electrons. The maximum atomic E-state index is 11.6. The van der Waals surface area contributed by atoms with Crippen molar-refractivity contribution in [2.45, 2.75) is 45.2 Å². The third kappa shape index (κ3) is 4.18. The summed E-state index contributed by atoms with van der Waals surface area (Å²) in [5.41, 5.74) is 0. The molecule has 21 heavy (non-hydrogen) atoms. The monoisotopic (exact) mass is 317 g/mol. The van der Waals surface area contributed by atoms with Crippen LogP contribution in [0.4, 0.5) is 0 Å². The fraction of sp³-hybridized carbons (Fsp3) is 1.00. The van der Waals surface area contributed by atoms with Gasteiger partial charge < -0.3 is 5.32 Å². The molecule has 1 aliphatic heterocycles. The molecule has 1 saturated heterocycles. The second-order valence-electron chi connectivity index (χ2n) is 6.98. The number of piperazine rings is 1. The molecule has 1 N–H and O–H groups in total. The van der Waals surface area contributed by atoms with Gasteiger partial charge in [0.25, 0.3) is 0 Å². The van der Waals surface area contributed by atoms with Gasteiger partial charge in [0.15, 0.2) is 0 Å². The molecule has 6 heteroatoms. The minimum absolute atomic E-state index is 0.546. The van der Waals surface area contributed by atoms with Gasteiger partial charge >= 0.3 is 0 Å². The van der Waals surface area contributed by atoms with E-state index in [4.69, 9.17) is 0 Å². The van der Waals surface area contributed by atoms with E-state index in [1.807, 2.05) is 0 Å². The minimum atomic E-state index is -3.03. The number of hydrogen-bond donors (Lipinski definition) is 1. The molecule has 0 amide bonds. The Labute approximate surface area is 130 Å². The lowest BCUT2D eigenvalue weighted by atomic mass is 9.76. The Morgan fingerprint density at radius 1 is 1.10 bits per heavy atom. The Hall–Kier alpha value is -0.170. The highest BCUT2D eigenvalue weighted by Gasteiger charge is 2.36. The van der Waals surface area contributed by atoms with Crippen LogP contribution in [0.15, 0.2) is 0 Å². The fourth-order valence-electron chi connectivity index (χ4n) is 3.89. The van der Waals surface area contributed by atoms with Crippen molar-refractivity contribution in [3.8, 4) is 0 Å². The third-order valence-electron chi connectivity index (χ3n) is 5.38. The van der Waals surface area contributed by atoms with E-state index in [0.29, 0.717) is 25.2 Å². The van der Waals surface area contributed by atoms with Crippen molar-refractivity contribution in [3.05, 3.63) is 0 Å². The average Bonchev–Trinajstić information content (AvgIpc) is 2.45. The van der Waals surface area contributed by atoms with E-state index in [-0.39, 0.29) is 0 Å². The molecule has 5 nitrogen and oxygen atoms in total. The van der Waals surface area contributed by atoms with Crippen LogP contribution in [0.5, 0.6) is 0 Å². The van der Waals surface area contributed by atoms with E-state index in [9.17, 15) is 8.42 Å². The second kappa shape index (κ2) is 6.94. The van der Waals surface area contributed by atoms with E-state index in [0.717, 1.165) is 24.9 Å². The summed E-state index contributed by atoms with van der Waals surface area (Å²) in [6.45, 7) is 7.64. The van der Waals surface area contributed by atoms with E-state index >= 15 is 0 Å². The van der Waals surface area contributed by atoms with E-state index in [1.54, 1.807) is 4.31 Å². The predicted octanol–water partition coefficient (Wildman–Crippen LogP) is 0.976. The van der Waals surface area contributed by atoms with Gasteiger partial charge in [-0.3, -0.25) is 4.90 Å². The molecule has 1 saturated carbocycles. The zero-order valence-electron chi connectivity index (χ0n) is 13.9. The molecule has 1 heterocycles. The Kier molecular flexibility index (Phi) is 5.68. The Balaban J connectivity index is 1.99. The van der Waals surface area contributed by atoms with Crippen LogP contribution < -0.4 is 5.32 Å². The number of likely N-dealkylation sites (N-methyl/N-ethyl adjacent to an activating group) is 1. The van der Waals surface area contributed by atoms with Crippen molar-refractivity contribution >= 4 is 10.0 Å². The molecule has 0 aromatic rings. The maximum absolute atomic E-state index is 11.6. The van der Waals surface area contributed by atoms with Gasteiger partial charge in [-0.05, 0) is 38.1 Å². The van der Waals surface area contributed by atoms with Gasteiger partial charge in [0.05, 0.1) is 6.26 Å². The molecule has 2 fully saturated rings. The van der Waals surface area contributed by atoms with Crippen LogP contribution in [0.3, 0.4) is 0 Å². The molecular formula is C15H31N3O2S. The lowest BCUT2D eigenvalue weighted by Crippen LogP contribution is -2.58. The molecule has 0 bridgehead atoms. The number of nitrogens with zero attached hydrogens (tertiary/aromatic N) is 2. The standard InChI is InChI=1S/C15H31N3O2S/c1-12(2)13-5-6-14(16-3)15(11-13)17-7-9-18(10-8-17)21(4,19)20/h12-16H,5-11H2,1-4H3. The Bertz CT molecular complexity index is 430. The van der Waals surface area contributed by atoms with Gasteiger partial charge in [0.1, 0.15) is 0 Å². The first-order valence-electron chi connectivity index (χ1n) is 8.19. The molecule has 2 rings (SSSR count). The first-order valence-corrected chi connectivity index (χ1v) is 10.0. The van der Waals surface area contributed by atoms with Gasteiger partial charge in [-0.15, -0.1) is 0 Å². The van der Waals surface area contributed by atoms with Gasteiger partial charge in [-0.2, -0.15) is 4.31 Å². The van der Waals surface area contributed by atoms with E-state index < -0.39 is 10.0 Å². The van der Waals surface area contributed by atoms with Gasteiger partial charge in [-0.1, -0.05) is 13.8 Å². The summed E-state index contributed by atoms with van der Waals surface area (Å²) in [6, 6.07) is 1.10. The molecule has 3 unspecified atom stereocenters. The zero-order valence-corrected chi connectivity index (χ0v) is 14.7. The summed E-state index contributed by atoms with van der Waals surface area (Å²) >= 11 is 0. The molecule has 2 aliphatic rings. The molecule has 124 valence electrons. The maximum Gasteiger partial charge on any atom is 0.211 e. The van der Waals surface area contributed by atoms with E-state index in [2.05, 4.69) is 31.1 Å². The van der Waals surface area contributed by atoms with Crippen molar-refractivity contribution in [1.82, 2.24) is 14.5 Å². The number of rotatable bonds is 4. The summed E-state index contributed by atoms with van der Waals surface area (Å²) in [6.07, 6.45) is 5.09. The van der Waals surface area contributed by atoms with Crippen molar-refractivity contribution in [3.63, 3.8) is 0 Å². The second-order valence-corrected chi connectivity index (χ2v) is 8.96. The Morgan fingerprint density at radius 2 is 1.71 bits per heavy atom. The summed E-state index contributed by atoms with van der Waals surface area (Å²) in [5, 5.41) is 3.48. The van der Waals surface area contributed by atoms with Gasteiger partial charge in [-0.25, -0.2) is 8.42 Å². The average molecular weight is 317 g/mol. The Morgan fingerprint density at radius 3 is 2.19 bits per heavy atom. The largest absolute Gasteiger partial charge is 0.315 e. The van der Waals surface area contributed by atoms with Crippen LogP contribution in [0, 0.1) is 11.8 Å².